The minimum absolute atomic E-state index is 0.759. The van der Waals surface area contributed by atoms with E-state index in [-0.39, 0.29) is 0 Å². The van der Waals surface area contributed by atoms with Gasteiger partial charge in [0, 0.05) is 0 Å². The molecular weight excluding hydrogens is 156 g/mol. The molecule has 0 N–H and O–H groups in total. The Hall–Kier alpha value is 0.596. The van der Waals surface area contributed by atoms with Crippen LogP contribution in [0.4, 0.5) is 0 Å². The van der Waals surface area contributed by atoms with Crippen molar-refractivity contribution in [2.75, 3.05) is 0 Å². The van der Waals surface area contributed by atoms with Gasteiger partial charge in [-0.1, -0.05) is 0 Å². The van der Waals surface area contributed by atoms with Gasteiger partial charge in [0.15, 0.2) is 0 Å². The van der Waals surface area contributed by atoms with Gasteiger partial charge in [-0.2, -0.15) is 0 Å². The van der Waals surface area contributed by atoms with Crippen molar-refractivity contribution in [2.45, 2.75) is 39.8 Å². The van der Waals surface area contributed by atoms with E-state index in [9.17, 15) is 0 Å². The van der Waals surface area contributed by atoms with Gasteiger partial charge < -0.3 is 0 Å². The first-order valence-electron chi connectivity index (χ1n) is 3.27. The Morgan fingerprint density at radius 3 is 1.25 bits per heavy atom. The van der Waals surface area contributed by atoms with E-state index in [2.05, 4.69) is 31.3 Å². The average molecular weight is 172 g/mol. The van der Waals surface area contributed by atoms with Crippen LogP contribution in [0.1, 0.15) is 27.7 Å². The molecule has 0 amide bonds. The van der Waals surface area contributed by atoms with Gasteiger partial charge in [-0.05, 0) is 0 Å². The number of rotatable bonds is 2. The van der Waals surface area contributed by atoms with Gasteiger partial charge in [0.1, 0.15) is 0 Å². The summed E-state index contributed by atoms with van der Waals surface area (Å²) in [7, 11) is 0. The van der Waals surface area contributed by atoms with E-state index in [1.54, 1.807) is 0 Å². The fourth-order valence-corrected chi connectivity index (χ4v) is 0.596. The van der Waals surface area contributed by atoms with Gasteiger partial charge in [-0.25, -0.2) is 0 Å². The monoisotopic (exact) mass is 171 g/mol. The van der Waals surface area contributed by atoms with Crippen LogP contribution in [0.25, 0.3) is 0 Å². The first-order valence-corrected chi connectivity index (χ1v) is 5.15. The molecule has 0 rings (SSSR count). The van der Waals surface area contributed by atoms with Crippen molar-refractivity contribution in [1.29, 1.82) is 0 Å². The van der Waals surface area contributed by atoms with Crippen molar-refractivity contribution in [3.63, 3.8) is 0 Å². The third-order valence-electron chi connectivity index (χ3n) is 1.63. The molecule has 1 nitrogen and oxygen atoms in total. The van der Waals surface area contributed by atoms with Crippen molar-refractivity contribution in [3.05, 3.63) is 0 Å². The molecule has 8 heavy (non-hydrogen) atoms. The van der Waals surface area contributed by atoms with E-state index < -0.39 is 0 Å². The summed E-state index contributed by atoms with van der Waals surface area (Å²) >= 11 is 0.856. The molecule has 0 saturated carbocycles. The molecule has 0 aromatic rings. The van der Waals surface area contributed by atoms with Crippen LogP contribution in [0.15, 0.2) is 0 Å². The van der Waals surface area contributed by atoms with Gasteiger partial charge in [-0.15, -0.1) is 0 Å². The molecule has 0 heterocycles. The molecule has 0 unspecified atom stereocenters. The maximum absolute atomic E-state index is 2.52. The predicted molar refractivity (Wildman–Crippen MR) is 40.7 cm³/mol. The Morgan fingerprint density at radius 1 is 1.00 bits per heavy atom. The summed E-state index contributed by atoms with van der Waals surface area (Å²) < 4.78 is 2.52. The zero-order chi connectivity index (χ0) is 6.73. The van der Waals surface area contributed by atoms with Crippen LogP contribution >= 0.6 is 0 Å². The molecule has 0 saturated heterocycles. The normalized spacial score (nSPS) is 11.9. The Labute approximate surface area is 62.6 Å². The van der Waals surface area contributed by atoms with Gasteiger partial charge >= 0.3 is 62.2 Å². The fourth-order valence-electron chi connectivity index (χ4n) is 0.596. The third kappa shape index (κ3) is 2.80. The standard InChI is InChI=1S/C6H14N.Ga.2H/c1-5(2)7-6(3)4;;;/h5-6H,1-4H3;;;/q-1;+1;;. The van der Waals surface area contributed by atoms with Crippen molar-refractivity contribution in [3.8, 4) is 0 Å². The van der Waals surface area contributed by atoms with Crippen LogP contribution in [-0.2, 0) is 0 Å². The average Bonchev–Trinajstić information content (AvgIpc) is 1.64. The number of hydrogen-bond acceptors (Lipinski definition) is 1. The topological polar surface area (TPSA) is 3.24 Å². The second-order valence-corrected chi connectivity index (χ2v) is 5.02. The van der Waals surface area contributed by atoms with Crippen LogP contribution in [-0.4, -0.2) is 34.5 Å². The van der Waals surface area contributed by atoms with Crippen LogP contribution in [0.3, 0.4) is 0 Å². The molecule has 0 fully saturated rings. The number of hydrogen-bond donors (Lipinski definition) is 0. The summed E-state index contributed by atoms with van der Waals surface area (Å²) in [4.78, 5) is 0. The predicted octanol–water partition coefficient (Wildman–Crippen LogP) is 0.653. The first-order chi connectivity index (χ1) is 3.55. The molecule has 0 bridgehead atoms. The van der Waals surface area contributed by atoms with Crippen molar-refractivity contribution >= 4 is 18.8 Å². The summed E-state index contributed by atoms with van der Waals surface area (Å²) in [6, 6.07) is 1.52. The van der Waals surface area contributed by atoms with E-state index in [1.165, 1.54) is 0 Å². The Balaban J connectivity index is 3.46. The molecular formula is C6H16GaN. The molecule has 0 aromatic heterocycles. The Kier molecular flexibility index (Phi) is 3.86. The summed E-state index contributed by atoms with van der Waals surface area (Å²) in [5, 5.41) is 0. The van der Waals surface area contributed by atoms with Crippen LogP contribution in [0.5, 0.6) is 0 Å². The second kappa shape index (κ2) is 3.59. The Bertz CT molecular complexity index is 53.5. The molecule has 2 heteroatoms. The molecule has 0 atom stereocenters. The number of nitrogens with zero attached hydrogens (tertiary/aromatic N) is 1. The molecule has 0 aliphatic carbocycles. The van der Waals surface area contributed by atoms with E-state index in [0.717, 1.165) is 30.9 Å². The first kappa shape index (κ1) is 8.60. The zero-order valence-corrected chi connectivity index (χ0v) is 10.8. The summed E-state index contributed by atoms with van der Waals surface area (Å²) in [6.45, 7) is 9.02. The van der Waals surface area contributed by atoms with Gasteiger partial charge in [0.05, 0.1) is 0 Å². The van der Waals surface area contributed by atoms with E-state index in [4.69, 9.17) is 0 Å². The van der Waals surface area contributed by atoms with Crippen molar-refractivity contribution in [1.82, 2.24) is 3.61 Å². The van der Waals surface area contributed by atoms with Crippen molar-refractivity contribution < 1.29 is 0 Å². The maximum atomic E-state index is 2.52. The van der Waals surface area contributed by atoms with E-state index >= 15 is 0 Å². The summed E-state index contributed by atoms with van der Waals surface area (Å²) in [5.74, 6) is 0. The fraction of sp³-hybridized carbons (Fsp3) is 1.00. The SMILES string of the molecule is CC(C)[N]([GaH2])C(C)C. The van der Waals surface area contributed by atoms with Gasteiger partial charge in [-0.3, -0.25) is 0 Å². The van der Waals surface area contributed by atoms with E-state index in [0.29, 0.717) is 0 Å². The molecule has 0 aromatic carbocycles. The molecule has 0 spiro atoms. The molecule has 48 valence electrons. The Morgan fingerprint density at radius 2 is 1.25 bits per heavy atom. The summed E-state index contributed by atoms with van der Waals surface area (Å²) in [6.07, 6.45) is 0. The van der Waals surface area contributed by atoms with E-state index in [1.807, 2.05) is 0 Å². The van der Waals surface area contributed by atoms with Crippen LogP contribution < -0.4 is 0 Å². The summed E-state index contributed by atoms with van der Waals surface area (Å²) in [5.41, 5.74) is 0. The minimum atomic E-state index is 0.759. The molecule has 0 aliphatic heterocycles. The molecule has 0 radical (unpaired) electrons. The van der Waals surface area contributed by atoms with Gasteiger partial charge in [0.2, 0.25) is 0 Å². The van der Waals surface area contributed by atoms with Crippen molar-refractivity contribution in [2.24, 2.45) is 0 Å². The van der Waals surface area contributed by atoms with Crippen LogP contribution in [0.2, 0.25) is 0 Å². The second-order valence-electron chi connectivity index (χ2n) is 2.85. The van der Waals surface area contributed by atoms with Crippen LogP contribution in [0, 0.1) is 0 Å². The quantitative estimate of drug-likeness (QED) is 0.552. The third-order valence-corrected chi connectivity index (χ3v) is 5.96. The van der Waals surface area contributed by atoms with Gasteiger partial charge in [0.25, 0.3) is 0 Å². The molecule has 0 aliphatic rings. The zero-order valence-electron chi connectivity index (χ0n) is 6.60.